The number of hydrogen-bond donors (Lipinski definition) is 0. The van der Waals surface area contributed by atoms with Gasteiger partial charge in [-0.3, -0.25) is 4.90 Å². The van der Waals surface area contributed by atoms with Gasteiger partial charge in [0.05, 0.1) is 12.6 Å². The average molecular weight is 359 g/mol. The third kappa shape index (κ3) is 4.71. The summed E-state index contributed by atoms with van der Waals surface area (Å²) in [6.45, 7) is 4.74. The smallest absolute Gasteiger partial charge is 0.123 e. The molecule has 0 saturated carbocycles. The predicted molar refractivity (Wildman–Crippen MR) is 97.9 cm³/mol. The van der Waals surface area contributed by atoms with Crippen molar-refractivity contribution in [3.05, 3.63) is 76.2 Å². The molecule has 1 aliphatic heterocycles. The molecule has 0 unspecified atom stereocenters. The van der Waals surface area contributed by atoms with E-state index in [9.17, 15) is 13.7 Å². The van der Waals surface area contributed by atoms with Gasteiger partial charge in [-0.25, -0.2) is 8.78 Å². The fraction of sp³-hybridized carbons (Fsp3) is 0.400. The van der Waals surface area contributed by atoms with E-state index in [1.54, 1.807) is 24.3 Å². The third-order valence-electron chi connectivity index (χ3n) is 4.87. The average Bonchev–Trinajstić information content (AvgIpc) is 2.66. The largest absolute Gasteiger partial charge is 0.301 e. The summed E-state index contributed by atoms with van der Waals surface area (Å²) < 4.78 is 26.7. The van der Waals surface area contributed by atoms with Crippen LogP contribution in [0.3, 0.4) is 0 Å². The second kappa shape index (κ2) is 8.96. The first-order chi connectivity index (χ1) is 12.7. The first-order valence-electron chi connectivity index (χ1n) is 8.94. The summed E-state index contributed by atoms with van der Waals surface area (Å²) in [5, 5.41) is 2.91. The van der Waals surface area contributed by atoms with Crippen LogP contribution in [0.25, 0.3) is 0 Å². The second-order valence-electron chi connectivity index (χ2n) is 6.59. The minimum absolute atomic E-state index is 0.0324. The molecule has 1 fully saturated rings. The number of nitroso groups, excluding NO2 is 1. The molecule has 26 heavy (non-hydrogen) atoms. The van der Waals surface area contributed by atoms with E-state index in [1.807, 2.05) is 0 Å². The second-order valence-corrected chi connectivity index (χ2v) is 6.59. The zero-order chi connectivity index (χ0) is 18.4. The highest BCUT2D eigenvalue weighted by molar-refractivity contribution is 5.32. The maximum Gasteiger partial charge on any atom is 0.123 e. The van der Waals surface area contributed by atoms with Crippen molar-refractivity contribution < 1.29 is 8.78 Å². The van der Waals surface area contributed by atoms with Crippen molar-refractivity contribution >= 4 is 0 Å². The van der Waals surface area contributed by atoms with E-state index in [0.29, 0.717) is 6.54 Å². The third-order valence-corrected chi connectivity index (χ3v) is 4.87. The van der Waals surface area contributed by atoms with Crippen LogP contribution in [0.2, 0.25) is 0 Å². The highest BCUT2D eigenvalue weighted by Crippen LogP contribution is 2.30. The topological polar surface area (TPSA) is 35.9 Å². The molecule has 6 heteroatoms. The van der Waals surface area contributed by atoms with E-state index in [-0.39, 0.29) is 17.7 Å². The Hall–Kier alpha value is -2.18. The lowest BCUT2D eigenvalue weighted by atomic mass is 9.96. The van der Waals surface area contributed by atoms with Gasteiger partial charge in [-0.1, -0.05) is 29.4 Å². The first-order valence-corrected chi connectivity index (χ1v) is 8.94. The number of rotatable bonds is 7. The van der Waals surface area contributed by atoms with E-state index in [0.717, 1.165) is 50.3 Å². The van der Waals surface area contributed by atoms with Crippen LogP contribution >= 0.6 is 0 Å². The minimum Gasteiger partial charge on any atom is -0.301 e. The van der Waals surface area contributed by atoms with Gasteiger partial charge in [0.1, 0.15) is 11.6 Å². The van der Waals surface area contributed by atoms with E-state index in [2.05, 4.69) is 15.0 Å². The Morgan fingerprint density at radius 2 is 1.35 bits per heavy atom. The standard InChI is InChI=1S/C20H23F2N3O/c21-18-6-2-16(3-7-18)20(17-4-8-19(22)9-5-17)25-14-12-24(13-15-25)11-1-10-23-26/h2-9,20H,1,10-15H2. The highest BCUT2D eigenvalue weighted by atomic mass is 19.1. The maximum absolute atomic E-state index is 13.3. The van der Waals surface area contributed by atoms with Gasteiger partial charge in [0.15, 0.2) is 0 Å². The molecule has 0 amide bonds. The Morgan fingerprint density at radius 1 is 0.846 bits per heavy atom. The fourth-order valence-electron chi connectivity index (χ4n) is 3.51. The molecule has 1 heterocycles. The summed E-state index contributed by atoms with van der Waals surface area (Å²) in [5.74, 6) is -0.527. The zero-order valence-electron chi connectivity index (χ0n) is 14.7. The summed E-state index contributed by atoms with van der Waals surface area (Å²) in [5.41, 5.74) is 1.99. The summed E-state index contributed by atoms with van der Waals surface area (Å²) in [6.07, 6.45) is 0.781. The van der Waals surface area contributed by atoms with Crippen LogP contribution in [0.5, 0.6) is 0 Å². The molecule has 3 rings (SSSR count). The van der Waals surface area contributed by atoms with Gasteiger partial charge in [-0.05, 0) is 41.8 Å². The van der Waals surface area contributed by atoms with Crippen molar-refractivity contribution in [1.29, 1.82) is 0 Å². The minimum atomic E-state index is -0.264. The van der Waals surface area contributed by atoms with Gasteiger partial charge in [0.2, 0.25) is 0 Å². The van der Waals surface area contributed by atoms with Crippen LogP contribution in [0.1, 0.15) is 23.6 Å². The molecule has 0 atom stereocenters. The molecule has 0 radical (unpaired) electrons. The van der Waals surface area contributed by atoms with Crippen LogP contribution in [0.15, 0.2) is 53.7 Å². The van der Waals surface area contributed by atoms with Gasteiger partial charge in [-0.15, -0.1) is 0 Å². The fourth-order valence-corrected chi connectivity index (χ4v) is 3.51. The van der Waals surface area contributed by atoms with Crippen LogP contribution in [-0.2, 0) is 0 Å². The lowest BCUT2D eigenvalue weighted by molar-refractivity contribution is 0.109. The van der Waals surface area contributed by atoms with Crippen LogP contribution in [0.4, 0.5) is 8.78 Å². The van der Waals surface area contributed by atoms with E-state index >= 15 is 0 Å². The predicted octanol–water partition coefficient (Wildman–Crippen LogP) is 3.83. The Morgan fingerprint density at radius 3 is 1.81 bits per heavy atom. The maximum atomic E-state index is 13.3. The lowest BCUT2D eigenvalue weighted by Gasteiger charge is -2.39. The molecule has 4 nitrogen and oxygen atoms in total. The lowest BCUT2D eigenvalue weighted by Crippen LogP contribution is -2.48. The van der Waals surface area contributed by atoms with Gasteiger partial charge in [0, 0.05) is 32.7 Å². The van der Waals surface area contributed by atoms with E-state index < -0.39 is 0 Å². The molecule has 138 valence electrons. The molecule has 0 bridgehead atoms. The molecule has 0 aromatic heterocycles. The van der Waals surface area contributed by atoms with Crippen LogP contribution in [-0.4, -0.2) is 49.1 Å². The Kier molecular flexibility index (Phi) is 6.41. The van der Waals surface area contributed by atoms with Crippen molar-refractivity contribution in [3.8, 4) is 0 Å². The molecule has 0 spiro atoms. The molecule has 2 aromatic carbocycles. The Balaban J connectivity index is 1.75. The number of halogens is 2. The highest BCUT2D eigenvalue weighted by Gasteiger charge is 2.26. The Labute approximate surface area is 152 Å². The number of hydrogen-bond acceptors (Lipinski definition) is 4. The van der Waals surface area contributed by atoms with Gasteiger partial charge >= 0.3 is 0 Å². The normalized spacial score (nSPS) is 16.1. The quantitative estimate of drug-likeness (QED) is 0.557. The number of nitrogens with zero attached hydrogens (tertiary/aromatic N) is 3. The van der Waals surface area contributed by atoms with E-state index in [1.165, 1.54) is 24.3 Å². The van der Waals surface area contributed by atoms with Crippen molar-refractivity contribution in [2.75, 3.05) is 39.3 Å². The van der Waals surface area contributed by atoms with Gasteiger partial charge in [-0.2, -0.15) is 4.91 Å². The Bertz CT molecular complexity index is 653. The SMILES string of the molecule is O=NCCCN1CCN(C(c2ccc(F)cc2)c2ccc(F)cc2)CC1. The molecule has 1 saturated heterocycles. The van der Waals surface area contributed by atoms with Crippen molar-refractivity contribution in [2.45, 2.75) is 12.5 Å². The zero-order valence-corrected chi connectivity index (χ0v) is 14.7. The van der Waals surface area contributed by atoms with E-state index in [4.69, 9.17) is 0 Å². The van der Waals surface area contributed by atoms with Crippen molar-refractivity contribution in [1.82, 2.24) is 9.80 Å². The molecule has 0 N–H and O–H groups in total. The summed E-state index contributed by atoms with van der Waals surface area (Å²) in [6, 6.07) is 13.0. The summed E-state index contributed by atoms with van der Waals surface area (Å²) in [4.78, 5) is 14.9. The molecule has 2 aromatic rings. The van der Waals surface area contributed by atoms with Crippen LogP contribution < -0.4 is 0 Å². The van der Waals surface area contributed by atoms with Crippen molar-refractivity contribution in [2.24, 2.45) is 5.18 Å². The van der Waals surface area contributed by atoms with Crippen LogP contribution in [0, 0.1) is 16.5 Å². The molecule has 1 aliphatic rings. The molecule has 0 aliphatic carbocycles. The molecular formula is C20H23F2N3O. The summed E-state index contributed by atoms with van der Waals surface area (Å²) >= 11 is 0. The monoisotopic (exact) mass is 359 g/mol. The number of benzene rings is 2. The van der Waals surface area contributed by atoms with Crippen molar-refractivity contribution in [3.63, 3.8) is 0 Å². The van der Waals surface area contributed by atoms with Gasteiger partial charge in [0.25, 0.3) is 0 Å². The first kappa shape index (κ1) is 18.6. The molecular weight excluding hydrogens is 336 g/mol. The summed E-state index contributed by atoms with van der Waals surface area (Å²) in [7, 11) is 0. The number of piperazine rings is 1. The van der Waals surface area contributed by atoms with Gasteiger partial charge < -0.3 is 4.90 Å².